The predicted molar refractivity (Wildman–Crippen MR) is 79.7 cm³/mol. The van der Waals surface area contributed by atoms with E-state index < -0.39 is 0 Å². The van der Waals surface area contributed by atoms with Gasteiger partial charge in [0.15, 0.2) is 0 Å². The highest BCUT2D eigenvalue weighted by molar-refractivity contribution is 7.99. The van der Waals surface area contributed by atoms with Gasteiger partial charge in [0.05, 0.1) is 0 Å². The van der Waals surface area contributed by atoms with Crippen molar-refractivity contribution in [3.63, 3.8) is 0 Å². The largest absolute Gasteiger partial charge is 0.399 e. The molecule has 3 N–H and O–H groups in total. The molecule has 0 saturated carbocycles. The molecule has 0 radical (unpaired) electrons. The number of hydrogen-bond donors (Lipinski definition) is 2. The maximum atomic E-state index is 11.6. The standard InChI is InChI=1S/C14H20N2OS/c1-2-10-18-11-9-16-14(17)8-5-12-3-6-13(15)7-4-12/h2-4,6-7H,1,5,8-11,15H2,(H,16,17). The summed E-state index contributed by atoms with van der Waals surface area (Å²) < 4.78 is 0. The molecule has 0 aromatic heterocycles. The van der Waals surface area contributed by atoms with Gasteiger partial charge >= 0.3 is 0 Å². The van der Waals surface area contributed by atoms with Crippen LogP contribution in [0.3, 0.4) is 0 Å². The Balaban J connectivity index is 2.13. The number of aryl methyl sites for hydroxylation is 1. The Bertz CT molecular complexity index is 376. The lowest BCUT2D eigenvalue weighted by Gasteiger charge is -2.05. The van der Waals surface area contributed by atoms with E-state index in [1.165, 1.54) is 0 Å². The van der Waals surface area contributed by atoms with E-state index >= 15 is 0 Å². The van der Waals surface area contributed by atoms with Crippen LogP contribution in [-0.2, 0) is 11.2 Å². The lowest BCUT2D eigenvalue weighted by atomic mass is 10.1. The Hall–Kier alpha value is -1.42. The Morgan fingerprint density at radius 2 is 2.11 bits per heavy atom. The van der Waals surface area contributed by atoms with Gasteiger partial charge in [-0.2, -0.15) is 11.8 Å². The normalized spacial score (nSPS) is 10.0. The Morgan fingerprint density at radius 1 is 1.39 bits per heavy atom. The summed E-state index contributed by atoms with van der Waals surface area (Å²) in [7, 11) is 0. The molecule has 3 nitrogen and oxygen atoms in total. The predicted octanol–water partition coefficient (Wildman–Crippen LogP) is 2.24. The summed E-state index contributed by atoms with van der Waals surface area (Å²) in [6.07, 6.45) is 3.15. The van der Waals surface area contributed by atoms with Crippen molar-refractivity contribution >= 4 is 23.4 Å². The van der Waals surface area contributed by atoms with Gasteiger partial charge in [0, 0.05) is 30.2 Å². The zero-order valence-electron chi connectivity index (χ0n) is 10.5. The third kappa shape index (κ3) is 6.35. The van der Waals surface area contributed by atoms with Crippen molar-refractivity contribution in [2.75, 3.05) is 23.8 Å². The Labute approximate surface area is 113 Å². The first-order valence-electron chi connectivity index (χ1n) is 6.02. The van der Waals surface area contributed by atoms with Crippen molar-refractivity contribution in [1.29, 1.82) is 0 Å². The Morgan fingerprint density at radius 3 is 2.78 bits per heavy atom. The second-order valence-electron chi connectivity index (χ2n) is 3.96. The van der Waals surface area contributed by atoms with Crippen LogP contribution in [0.15, 0.2) is 36.9 Å². The van der Waals surface area contributed by atoms with Crippen molar-refractivity contribution in [2.24, 2.45) is 0 Å². The quantitative estimate of drug-likeness (QED) is 0.430. The van der Waals surface area contributed by atoms with E-state index in [-0.39, 0.29) is 5.91 Å². The Kier molecular flexibility index (Phi) is 7.03. The van der Waals surface area contributed by atoms with E-state index in [4.69, 9.17) is 5.73 Å². The van der Waals surface area contributed by atoms with Crippen molar-refractivity contribution in [2.45, 2.75) is 12.8 Å². The van der Waals surface area contributed by atoms with E-state index in [9.17, 15) is 4.79 Å². The van der Waals surface area contributed by atoms with E-state index in [0.717, 1.165) is 35.7 Å². The number of benzene rings is 1. The van der Waals surface area contributed by atoms with Crippen LogP contribution in [0.1, 0.15) is 12.0 Å². The van der Waals surface area contributed by atoms with Crippen LogP contribution in [0.25, 0.3) is 0 Å². The minimum Gasteiger partial charge on any atom is -0.399 e. The molecule has 1 aromatic rings. The minimum atomic E-state index is 0.103. The lowest BCUT2D eigenvalue weighted by molar-refractivity contribution is -0.120. The molecule has 0 aliphatic rings. The molecule has 0 spiro atoms. The monoisotopic (exact) mass is 264 g/mol. The smallest absolute Gasteiger partial charge is 0.220 e. The molecular weight excluding hydrogens is 244 g/mol. The average molecular weight is 264 g/mol. The van der Waals surface area contributed by atoms with E-state index in [1.807, 2.05) is 30.3 Å². The fraction of sp³-hybridized carbons (Fsp3) is 0.357. The molecule has 18 heavy (non-hydrogen) atoms. The summed E-state index contributed by atoms with van der Waals surface area (Å²) in [5.74, 6) is 1.96. The second-order valence-corrected chi connectivity index (χ2v) is 5.10. The maximum absolute atomic E-state index is 11.6. The molecule has 1 amide bonds. The number of carbonyl (C=O) groups is 1. The van der Waals surface area contributed by atoms with Crippen molar-refractivity contribution in [3.8, 4) is 0 Å². The van der Waals surface area contributed by atoms with Gasteiger partial charge in [0.1, 0.15) is 0 Å². The van der Waals surface area contributed by atoms with Gasteiger partial charge in [-0.05, 0) is 24.1 Å². The number of nitrogens with two attached hydrogens (primary N) is 1. The first kappa shape index (κ1) is 14.6. The maximum Gasteiger partial charge on any atom is 0.220 e. The molecule has 0 unspecified atom stereocenters. The zero-order valence-corrected chi connectivity index (χ0v) is 11.3. The van der Waals surface area contributed by atoms with E-state index in [0.29, 0.717) is 6.42 Å². The number of anilines is 1. The van der Waals surface area contributed by atoms with Crippen LogP contribution >= 0.6 is 11.8 Å². The van der Waals surface area contributed by atoms with Gasteiger partial charge in [0.25, 0.3) is 0 Å². The molecule has 0 fully saturated rings. The molecule has 98 valence electrons. The number of rotatable bonds is 8. The van der Waals surface area contributed by atoms with Gasteiger partial charge in [0.2, 0.25) is 5.91 Å². The summed E-state index contributed by atoms with van der Waals surface area (Å²) in [6.45, 7) is 4.37. The number of nitrogen functional groups attached to an aromatic ring is 1. The third-order valence-electron chi connectivity index (χ3n) is 2.42. The van der Waals surface area contributed by atoms with Gasteiger partial charge in [-0.25, -0.2) is 0 Å². The highest BCUT2D eigenvalue weighted by Gasteiger charge is 2.01. The molecule has 0 bridgehead atoms. The third-order valence-corrected chi connectivity index (χ3v) is 3.39. The highest BCUT2D eigenvalue weighted by Crippen LogP contribution is 2.07. The zero-order chi connectivity index (χ0) is 13.2. The summed E-state index contributed by atoms with van der Waals surface area (Å²) >= 11 is 1.76. The number of hydrogen-bond acceptors (Lipinski definition) is 3. The van der Waals surface area contributed by atoms with Crippen molar-refractivity contribution in [3.05, 3.63) is 42.5 Å². The molecular formula is C14H20N2OS. The first-order chi connectivity index (χ1) is 8.72. The fourth-order valence-corrected chi connectivity index (χ4v) is 2.04. The number of thioether (sulfide) groups is 1. The van der Waals surface area contributed by atoms with Crippen LogP contribution in [-0.4, -0.2) is 24.0 Å². The van der Waals surface area contributed by atoms with E-state index in [1.54, 1.807) is 11.8 Å². The minimum absolute atomic E-state index is 0.103. The number of carbonyl (C=O) groups excluding carboxylic acids is 1. The summed E-state index contributed by atoms with van der Waals surface area (Å²) in [4.78, 5) is 11.6. The molecule has 0 heterocycles. The summed E-state index contributed by atoms with van der Waals surface area (Å²) in [6, 6.07) is 7.64. The van der Waals surface area contributed by atoms with Crippen LogP contribution in [0, 0.1) is 0 Å². The fourth-order valence-electron chi connectivity index (χ4n) is 1.46. The van der Waals surface area contributed by atoms with Crippen LogP contribution in [0.2, 0.25) is 0 Å². The number of amides is 1. The molecule has 0 aliphatic heterocycles. The summed E-state index contributed by atoms with van der Waals surface area (Å²) in [5, 5.41) is 2.90. The van der Waals surface area contributed by atoms with Gasteiger partial charge in [-0.3, -0.25) is 4.79 Å². The topological polar surface area (TPSA) is 55.1 Å². The van der Waals surface area contributed by atoms with Crippen molar-refractivity contribution in [1.82, 2.24) is 5.32 Å². The summed E-state index contributed by atoms with van der Waals surface area (Å²) in [5.41, 5.74) is 7.49. The molecule has 1 aromatic carbocycles. The van der Waals surface area contributed by atoms with Gasteiger partial charge in [-0.1, -0.05) is 18.2 Å². The van der Waals surface area contributed by atoms with Crippen LogP contribution in [0.4, 0.5) is 5.69 Å². The van der Waals surface area contributed by atoms with Gasteiger partial charge in [-0.15, -0.1) is 6.58 Å². The lowest BCUT2D eigenvalue weighted by Crippen LogP contribution is -2.25. The van der Waals surface area contributed by atoms with Crippen LogP contribution < -0.4 is 11.1 Å². The molecule has 0 saturated heterocycles. The SMILES string of the molecule is C=CCSCCNC(=O)CCc1ccc(N)cc1. The second kappa shape index (κ2) is 8.64. The van der Waals surface area contributed by atoms with Crippen molar-refractivity contribution < 1.29 is 4.79 Å². The first-order valence-corrected chi connectivity index (χ1v) is 7.17. The average Bonchev–Trinajstić information content (AvgIpc) is 2.38. The molecule has 4 heteroatoms. The van der Waals surface area contributed by atoms with Gasteiger partial charge < -0.3 is 11.1 Å². The highest BCUT2D eigenvalue weighted by atomic mass is 32.2. The molecule has 0 atom stereocenters. The molecule has 1 rings (SSSR count). The van der Waals surface area contributed by atoms with E-state index in [2.05, 4.69) is 11.9 Å². The van der Waals surface area contributed by atoms with Crippen LogP contribution in [0.5, 0.6) is 0 Å². The number of nitrogens with one attached hydrogen (secondary N) is 1. The molecule has 0 aliphatic carbocycles.